The zero-order chi connectivity index (χ0) is 15.1. The summed E-state index contributed by atoms with van der Waals surface area (Å²) in [5.41, 5.74) is 0.787. The molecule has 0 fully saturated rings. The molecule has 0 atom stereocenters. The van der Waals surface area contributed by atoms with Crippen LogP contribution in [0.25, 0.3) is 0 Å². The highest BCUT2D eigenvalue weighted by atomic mass is 32.1. The van der Waals surface area contributed by atoms with Gasteiger partial charge in [0.25, 0.3) is 0 Å². The lowest BCUT2D eigenvalue weighted by Crippen LogP contribution is -2.34. The first-order valence-corrected chi connectivity index (χ1v) is 7.71. The number of hydrogen-bond donors (Lipinski definition) is 0. The van der Waals surface area contributed by atoms with Gasteiger partial charge in [0, 0.05) is 25.0 Å². The van der Waals surface area contributed by atoms with E-state index in [1.54, 1.807) is 11.3 Å². The molecule has 1 heterocycles. The molecule has 0 spiro atoms. The number of carbonyl (C=O) groups excluding carboxylic acids is 1. The van der Waals surface area contributed by atoms with Crippen LogP contribution in [-0.4, -0.2) is 56.7 Å². The number of anilines is 1. The van der Waals surface area contributed by atoms with Crippen molar-refractivity contribution in [3.8, 4) is 0 Å². The van der Waals surface area contributed by atoms with E-state index in [9.17, 15) is 4.79 Å². The van der Waals surface area contributed by atoms with Gasteiger partial charge < -0.3 is 14.5 Å². The lowest BCUT2D eigenvalue weighted by atomic mass is 10.2. The maximum absolute atomic E-state index is 11.3. The van der Waals surface area contributed by atoms with Gasteiger partial charge in [-0.3, -0.25) is 4.79 Å². The third-order valence-electron chi connectivity index (χ3n) is 2.77. The molecule has 5 nitrogen and oxygen atoms in total. The number of carbonyl (C=O) groups is 1. The van der Waals surface area contributed by atoms with E-state index in [2.05, 4.69) is 47.5 Å². The van der Waals surface area contributed by atoms with Crippen LogP contribution in [0.3, 0.4) is 0 Å². The van der Waals surface area contributed by atoms with E-state index >= 15 is 0 Å². The van der Waals surface area contributed by atoms with Gasteiger partial charge in [0.2, 0.25) is 0 Å². The Hall–Kier alpha value is -1.14. The summed E-state index contributed by atoms with van der Waals surface area (Å²) in [5.74, 6) is 0.329. The molecule has 0 saturated heterocycles. The molecule has 1 rings (SSSR count). The average Bonchev–Trinajstić information content (AvgIpc) is 2.82. The SMILES string of the molecule is COC(=O)Cc1csc(N(CCN(C)C)CC(C)C)n1. The van der Waals surface area contributed by atoms with Crippen molar-refractivity contribution in [1.82, 2.24) is 9.88 Å². The number of thiazole rings is 1. The molecular weight excluding hydrogens is 274 g/mol. The van der Waals surface area contributed by atoms with Crippen molar-refractivity contribution in [3.63, 3.8) is 0 Å². The average molecular weight is 299 g/mol. The molecule has 0 N–H and O–H groups in total. The first-order chi connectivity index (χ1) is 9.42. The molecule has 0 aliphatic heterocycles. The number of nitrogens with zero attached hydrogens (tertiary/aromatic N) is 3. The first-order valence-electron chi connectivity index (χ1n) is 6.83. The molecular formula is C14H25N3O2S. The number of rotatable bonds is 8. The Morgan fingerprint density at radius 2 is 2.10 bits per heavy atom. The Balaban J connectivity index is 2.71. The number of hydrogen-bond acceptors (Lipinski definition) is 6. The van der Waals surface area contributed by atoms with E-state index in [1.165, 1.54) is 7.11 Å². The van der Waals surface area contributed by atoms with Crippen LogP contribution in [0.15, 0.2) is 5.38 Å². The number of ether oxygens (including phenoxy) is 1. The molecule has 0 amide bonds. The monoisotopic (exact) mass is 299 g/mol. The van der Waals surface area contributed by atoms with Crippen LogP contribution < -0.4 is 4.90 Å². The second kappa shape index (κ2) is 8.21. The molecule has 0 saturated carbocycles. The zero-order valence-corrected chi connectivity index (χ0v) is 13.9. The molecule has 0 unspecified atom stereocenters. The largest absolute Gasteiger partial charge is 0.469 e. The van der Waals surface area contributed by atoms with Crippen molar-refractivity contribution in [1.29, 1.82) is 0 Å². The zero-order valence-electron chi connectivity index (χ0n) is 13.0. The smallest absolute Gasteiger partial charge is 0.311 e. The predicted molar refractivity (Wildman–Crippen MR) is 83.4 cm³/mol. The minimum absolute atomic E-state index is 0.245. The van der Waals surface area contributed by atoms with E-state index in [-0.39, 0.29) is 12.4 Å². The summed E-state index contributed by atoms with van der Waals surface area (Å²) in [6.45, 7) is 7.30. The maximum atomic E-state index is 11.3. The molecule has 114 valence electrons. The summed E-state index contributed by atoms with van der Waals surface area (Å²) in [7, 11) is 5.54. The van der Waals surface area contributed by atoms with Gasteiger partial charge >= 0.3 is 5.97 Å². The third kappa shape index (κ3) is 5.88. The van der Waals surface area contributed by atoms with Crippen LogP contribution in [-0.2, 0) is 16.0 Å². The number of esters is 1. The highest BCUT2D eigenvalue weighted by Crippen LogP contribution is 2.22. The van der Waals surface area contributed by atoms with Crippen LogP contribution in [0.2, 0.25) is 0 Å². The van der Waals surface area contributed by atoms with Crippen molar-refractivity contribution in [3.05, 3.63) is 11.1 Å². The van der Waals surface area contributed by atoms with Crippen molar-refractivity contribution in [2.24, 2.45) is 5.92 Å². The number of likely N-dealkylation sites (N-methyl/N-ethyl adjacent to an activating group) is 1. The minimum Gasteiger partial charge on any atom is -0.469 e. The molecule has 1 aromatic rings. The minimum atomic E-state index is -0.245. The molecule has 0 aromatic carbocycles. The van der Waals surface area contributed by atoms with Gasteiger partial charge in [-0.25, -0.2) is 4.98 Å². The fourth-order valence-corrected chi connectivity index (χ4v) is 2.63. The van der Waals surface area contributed by atoms with E-state index < -0.39 is 0 Å². The molecule has 0 aliphatic carbocycles. The van der Waals surface area contributed by atoms with Crippen LogP contribution >= 0.6 is 11.3 Å². The number of methoxy groups -OCH3 is 1. The summed E-state index contributed by atoms with van der Waals surface area (Å²) in [6, 6.07) is 0. The Labute approximate surface area is 125 Å². The van der Waals surface area contributed by atoms with Crippen molar-refractivity contribution < 1.29 is 9.53 Å². The summed E-state index contributed by atoms with van der Waals surface area (Å²) in [6.07, 6.45) is 0.246. The Morgan fingerprint density at radius 1 is 1.40 bits per heavy atom. The summed E-state index contributed by atoms with van der Waals surface area (Å²) >= 11 is 1.59. The highest BCUT2D eigenvalue weighted by Gasteiger charge is 2.14. The van der Waals surface area contributed by atoms with Gasteiger partial charge in [-0.15, -0.1) is 11.3 Å². The van der Waals surface area contributed by atoms with Gasteiger partial charge in [-0.05, 0) is 20.0 Å². The van der Waals surface area contributed by atoms with Crippen LogP contribution in [0, 0.1) is 5.92 Å². The summed E-state index contributed by atoms with van der Waals surface area (Å²) < 4.78 is 4.67. The number of aromatic nitrogens is 1. The summed E-state index contributed by atoms with van der Waals surface area (Å²) in [4.78, 5) is 20.3. The normalized spacial score (nSPS) is 11.2. The quantitative estimate of drug-likeness (QED) is 0.686. The van der Waals surface area contributed by atoms with Gasteiger partial charge in [0.05, 0.1) is 19.2 Å². The molecule has 0 aliphatic rings. The Morgan fingerprint density at radius 3 is 2.65 bits per heavy atom. The van der Waals surface area contributed by atoms with E-state index in [0.717, 1.165) is 30.5 Å². The highest BCUT2D eigenvalue weighted by molar-refractivity contribution is 7.13. The molecule has 0 bridgehead atoms. The standard InChI is InChI=1S/C14H25N3O2S/c1-11(2)9-17(7-6-16(3)4)14-15-12(10-20-14)8-13(18)19-5/h10-11H,6-9H2,1-5H3. The van der Waals surface area contributed by atoms with Gasteiger partial charge in [-0.2, -0.15) is 0 Å². The van der Waals surface area contributed by atoms with Crippen molar-refractivity contribution >= 4 is 22.4 Å². The van der Waals surface area contributed by atoms with Crippen LogP contribution in [0.4, 0.5) is 5.13 Å². The fourth-order valence-electron chi connectivity index (χ4n) is 1.77. The summed E-state index contributed by atoms with van der Waals surface area (Å²) in [5, 5.41) is 2.93. The topological polar surface area (TPSA) is 45.7 Å². The predicted octanol–water partition coefficient (Wildman–Crippen LogP) is 1.88. The molecule has 20 heavy (non-hydrogen) atoms. The lowest BCUT2D eigenvalue weighted by molar-refractivity contribution is -0.139. The third-order valence-corrected chi connectivity index (χ3v) is 3.72. The fraction of sp³-hybridized carbons (Fsp3) is 0.714. The lowest BCUT2D eigenvalue weighted by Gasteiger charge is -2.25. The van der Waals surface area contributed by atoms with Crippen LogP contribution in [0.5, 0.6) is 0 Å². The van der Waals surface area contributed by atoms with Gasteiger partial charge in [0.1, 0.15) is 0 Å². The Bertz CT molecular complexity index is 418. The van der Waals surface area contributed by atoms with Crippen molar-refractivity contribution in [2.45, 2.75) is 20.3 Å². The molecule has 6 heteroatoms. The van der Waals surface area contributed by atoms with Crippen molar-refractivity contribution in [2.75, 3.05) is 45.7 Å². The Kier molecular flexibility index (Phi) is 6.95. The van der Waals surface area contributed by atoms with E-state index in [0.29, 0.717) is 5.92 Å². The van der Waals surface area contributed by atoms with Crippen LogP contribution in [0.1, 0.15) is 19.5 Å². The first kappa shape index (κ1) is 16.9. The van der Waals surface area contributed by atoms with E-state index in [4.69, 9.17) is 0 Å². The van der Waals surface area contributed by atoms with Gasteiger partial charge in [-0.1, -0.05) is 13.8 Å². The molecule has 1 aromatic heterocycles. The van der Waals surface area contributed by atoms with Gasteiger partial charge in [0.15, 0.2) is 5.13 Å². The maximum Gasteiger partial charge on any atom is 0.311 e. The second-order valence-electron chi connectivity index (χ2n) is 5.52. The second-order valence-corrected chi connectivity index (χ2v) is 6.35. The molecule has 0 radical (unpaired) electrons. The van der Waals surface area contributed by atoms with E-state index in [1.807, 2.05) is 5.38 Å².